The van der Waals surface area contributed by atoms with Crippen LogP contribution in [0.25, 0.3) is 0 Å². The van der Waals surface area contributed by atoms with Gasteiger partial charge in [-0.3, -0.25) is 9.59 Å². The third kappa shape index (κ3) is 5.15. The zero-order chi connectivity index (χ0) is 16.5. The van der Waals surface area contributed by atoms with E-state index < -0.39 is 0 Å². The Kier molecular flexibility index (Phi) is 7.60. The summed E-state index contributed by atoms with van der Waals surface area (Å²) in [6.45, 7) is 5.13. The highest BCUT2D eigenvalue weighted by Gasteiger charge is 2.23. The van der Waals surface area contributed by atoms with E-state index in [0.29, 0.717) is 25.3 Å². The molecule has 122 valence electrons. The maximum absolute atomic E-state index is 12.7. The molecule has 0 saturated heterocycles. The molecule has 0 fully saturated rings. The lowest BCUT2D eigenvalue weighted by Crippen LogP contribution is -2.38. The Morgan fingerprint density at radius 3 is 2.50 bits per heavy atom. The number of rotatable bonds is 8. The summed E-state index contributed by atoms with van der Waals surface area (Å²) in [7, 11) is 2.99. The first kappa shape index (κ1) is 18.2. The first-order valence-corrected chi connectivity index (χ1v) is 7.43. The minimum atomic E-state index is -0.361. The largest absolute Gasteiger partial charge is 0.469 e. The van der Waals surface area contributed by atoms with Crippen LogP contribution in [0.15, 0.2) is 24.3 Å². The predicted molar refractivity (Wildman–Crippen MR) is 84.8 cm³/mol. The SMILES string of the molecule is COCCCN(CC(C)C(=O)OC)C(=O)c1ccccc1C. The number of ether oxygens (including phenoxy) is 2. The molecule has 1 amide bonds. The Labute approximate surface area is 132 Å². The number of esters is 1. The van der Waals surface area contributed by atoms with E-state index in [1.807, 2.05) is 31.2 Å². The van der Waals surface area contributed by atoms with Crippen molar-refractivity contribution >= 4 is 11.9 Å². The fraction of sp³-hybridized carbons (Fsp3) is 0.529. The van der Waals surface area contributed by atoms with Crippen molar-refractivity contribution < 1.29 is 19.1 Å². The lowest BCUT2D eigenvalue weighted by atomic mass is 10.1. The monoisotopic (exact) mass is 307 g/mol. The molecule has 0 bridgehead atoms. The fourth-order valence-corrected chi connectivity index (χ4v) is 2.26. The van der Waals surface area contributed by atoms with Crippen LogP contribution in [-0.4, -0.2) is 50.7 Å². The molecule has 1 aromatic carbocycles. The van der Waals surface area contributed by atoms with Gasteiger partial charge in [0.15, 0.2) is 0 Å². The second-order valence-electron chi connectivity index (χ2n) is 5.34. The van der Waals surface area contributed by atoms with Gasteiger partial charge in [-0.1, -0.05) is 25.1 Å². The average Bonchev–Trinajstić information content (AvgIpc) is 2.53. The van der Waals surface area contributed by atoms with Crippen LogP contribution < -0.4 is 0 Å². The number of carbonyl (C=O) groups is 2. The molecule has 22 heavy (non-hydrogen) atoms. The highest BCUT2D eigenvalue weighted by atomic mass is 16.5. The Hall–Kier alpha value is -1.88. The maximum atomic E-state index is 12.7. The Morgan fingerprint density at radius 2 is 1.91 bits per heavy atom. The molecule has 5 nitrogen and oxygen atoms in total. The van der Waals surface area contributed by atoms with E-state index in [9.17, 15) is 9.59 Å². The van der Waals surface area contributed by atoms with Crippen molar-refractivity contribution in [3.8, 4) is 0 Å². The zero-order valence-electron chi connectivity index (χ0n) is 13.8. The third-order valence-electron chi connectivity index (χ3n) is 3.54. The van der Waals surface area contributed by atoms with E-state index in [2.05, 4.69) is 0 Å². The fourth-order valence-electron chi connectivity index (χ4n) is 2.26. The van der Waals surface area contributed by atoms with Crippen molar-refractivity contribution in [1.29, 1.82) is 0 Å². The Morgan fingerprint density at radius 1 is 1.23 bits per heavy atom. The quantitative estimate of drug-likeness (QED) is 0.546. The lowest BCUT2D eigenvalue weighted by molar-refractivity contribution is -0.145. The van der Waals surface area contributed by atoms with Crippen LogP contribution in [0.1, 0.15) is 29.3 Å². The molecule has 1 atom stereocenters. The smallest absolute Gasteiger partial charge is 0.310 e. The molecule has 1 rings (SSSR count). The molecule has 0 spiro atoms. The molecule has 0 aliphatic rings. The van der Waals surface area contributed by atoms with E-state index in [1.165, 1.54) is 7.11 Å². The van der Waals surface area contributed by atoms with E-state index >= 15 is 0 Å². The summed E-state index contributed by atoms with van der Waals surface area (Å²) in [6, 6.07) is 7.46. The molecule has 0 radical (unpaired) electrons. The number of amides is 1. The summed E-state index contributed by atoms with van der Waals surface area (Å²) in [6.07, 6.45) is 0.724. The van der Waals surface area contributed by atoms with Gasteiger partial charge in [-0.15, -0.1) is 0 Å². The van der Waals surface area contributed by atoms with Gasteiger partial charge in [0, 0.05) is 32.4 Å². The molecule has 0 aromatic heterocycles. The normalized spacial score (nSPS) is 11.8. The molecular formula is C17H25NO4. The highest BCUT2D eigenvalue weighted by molar-refractivity contribution is 5.95. The van der Waals surface area contributed by atoms with Crippen molar-refractivity contribution in [2.45, 2.75) is 20.3 Å². The maximum Gasteiger partial charge on any atom is 0.310 e. The summed E-state index contributed by atoms with van der Waals surface area (Å²) in [5.41, 5.74) is 1.59. The molecule has 0 N–H and O–H groups in total. The van der Waals surface area contributed by atoms with Gasteiger partial charge >= 0.3 is 5.97 Å². The number of carbonyl (C=O) groups excluding carboxylic acids is 2. The van der Waals surface area contributed by atoms with Crippen LogP contribution in [0.3, 0.4) is 0 Å². The first-order valence-electron chi connectivity index (χ1n) is 7.43. The van der Waals surface area contributed by atoms with E-state index in [0.717, 1.165) is 12.0 Å². The number of nitrogens with zero attached hydrogens (tertiary/aromatic N) is 1. The van der Waals surface area contributed by atoms with Crippen molar-refractivity contribution in [3.63, 3.8) is 0 Å². The van der Waals surface area contributed by atoms with Crippen molar-refractivity contribution in [2.24, 2.45) is 5.92 Å². The van der Waals surface area contributed by atoms with E-state index in [1.54, 1.807) is 18.9 Å². The molecule has 5 heteroatoms. The summed E-state index contributed by atoms with van der Waals surface area (Å²) in [5, 5.41) is 0. The second kappa shape index (κ2) is 9.20. The van der Waals surface area contributed by atoms with E-state index in [-0.39, 0.29) is 17.8 Å². The summed E-state index contributed by atoms with van der Waals surface area (Å²) < 4.78 is 9.79. The molecule has 1 unspecified atom stereocenters. The number of hydrogen-bond acceptors (Lipinski definition) is 4. The minimum Gasteiger partial charge on any atom is -0.469 e. The Bertz CT molecular complexity index is 501. The van der Waals surface area contributed by atoms with Crippen LogP contribution in [0.4, 0.5) is 0 Å². The first-order chi connectivity index (χ1) is 10.5. The van der Waals surface area contributed by atoms with Gasteiger partial charge < -0.3 is 14.4 Å². The van der Waals surface area contributed by atoms with Crippen molar-refractivity contribution in [2.75, 3.05) is 33.9 Å². The molecule has 1 aromatic rings. The number of benzene rings is 1. The van der Waals surface area contributed by atoms with Gasteiger partial charge in [-0.25, -0.2) is 0 Å². The van der Waals surface area contributed by atoms with Gasteiger partial charge in [-0.2, -0.15) is 0 Å². The van der Waals surface area contributed by atoms with Crippen LogP contribution in [-0.2, 0) is 14.3 Å². The van der Waals surface area contributed by atoms with Crippen LogP contribution in [0.2, 0.25) is 0 Å². The van der Waals surface area contributed by atoms with Gasteiger partial charge in [0.2, 0.25) is 0 Å². The van der Waals surface area contributed by atoms with Crippen LogP contribution in [0, 0.1) is 12.8 Å². The number of methoxy groups -OCH3 is 2. The van der Waals surface area contributed by atoms with E-state index in [4.69, 9.17) is 9.47 Å². The van der Waals surface area contributed by atoms with Crippen LogP contribution >= 0.6 is 0 Å². The predicted octanol–water partition coefficient (Wildman–Crippen LogP) is 2.28. The molecular weight excluding hydrogens is 282 g/mol. The third-order valence-corrected chi connectivity index (χ3v) is 3.54. The lowest BCUT2D eigenvalue weighted by Gasteiger charge is -2.25. The summed E-state index contributed by atoms with van der Waals surface area (Å²) >= 11 is 0. The van der Waals surface area contributed by atoms with Gasteiger partial charge in [0.05, 0.1) is 13.0 Å². The minimum absolute atomic E-state index is 0.0649. The highest BCUT2D eigenvalue weighted by Crippen LogP contribution is 2.13. The van der Waals surface area contributed by atoms with Crippen molar-refractivity contribution in [1.82, 2.24) is 4.90 Å². The Balaban J connectivity index is 2.86. The molecule has 0 saturated carbocycles. The number of aryl methyl sites for hydroxylation is 1. The second-order valence-corrected chi connectivity index (χ2v) is 5.34. The topological polar surface area (TPSA) is 55.8 Å². The van der Waals surface area contributed by atoms with Gasteiger partial charge in [0.1, 0.15) is 0 Å². The summed E-state index contributed by atoms with van der Waals surface area (Å²) in [4.78, 5) is 26.1. The van der Waals surface area contributed by atoms with Gasteiger partial charge in [0.25, 0.3) is 5.91 Å². The average molecular weight is 307 g/mol. The zero-order valence-corrected chi connectivity index (χ0v) is 13.8. The molecule has 0 heterocycles. The number of hydrogen-bond donors (Lipinski definition) is 0. The molecule has 0 aliphatic heterocycles. The summed E-state index contributed by atoms with van der Waals surface area (Å²) in [5.74, 6) is -0.736. The van der Waals surface area contributed by atoms with Crippen LogP contribution in [0.5, 0.6) is 0 Å². The standard InChI is InChI=1S/C17H25NO4/c1-13-8-5-6-9-15(13)16(19)18(10-7-11-21-3)12-14(2)17(20)22-4/h5-6,8-9,14H,7,10-12H2,1-4H3. The van der Waals surface area contributed by atoms with Crippen molar-refractivity contribution in [3.05, 3.63) is 35.4 Å². The molecule has 0 aliphatic carbocycles. The van der Waals surface area contributed by atoms with Gasteiger partial charge in [-0.05, 0) is 25.0 Å².